The zero-order valence-electron chi connectivity index (χ0n) is 11.0. The molecule has 0 amide bonds. The van der Waals surface area contributed by atoms with Gasteiger partial charge < -0.3 is 0 Å². The van der Waals surface area contributed by atoms with Gasteiger partial charge in [0.2, 0.25) is 0 Å². The van der Waals surface area contributed by atoms with Gasteiger partial charge in [0.15, 0.2) is 5.78 Å². The number of hydrogen-bond donors (Lipinski definition) is 0. The van der Waals surface area contributed by atoms with E-state index in [0.717, 1.165) is 22.3 Å². The van der Waals surface area contributed by atoms with Gasteiger partial charge >= 0.3 is 6.18 Å². The summed E-state index contributed by atoms with van der Waals surface area (Å²) >= 11 is 0. The molecule has 0 spiro atoms. The van der Waals surface area contributed by atoms with E-state index in [-0.39, 0.29) is 0 Å². The van der Waals surface area contributed by atoms with E-state index in [4.69, 9.17) is 0 Å². The molecule has 1 rings (SSSR count). The standard InChI is InChI=1S/C14H17F3O/c1-8-7-9(2)11(4)13(10(8)3)12(18)5-6-14(15,16)17/h7H,5-6H2,1-4H3. The summed E-state index contributed by atoms with van der Waals surface area (Å²) in [4.78, 5) is 11.9. The van der Waals surface area contributed by atoms with Crippen LogP contribution in [-0.4, -0.2) is 12.0 Å². The van der Waals surface area contributed by atoms with Crippen molar-refractivity contribution in [2.24, 2.45) is 0 Å². The molecule has 1 nitrogen and oxygen atoms in total. The average Bonchev–Trinajstić information content (AvgIpc) is 2.23. The predicted octanol–water partition coefficient (Wildman–Crippen LogP) is 4.45. The smallest absolute Gasteiger partial charge is 0.294 e. The van der Waals surface area contributed by atoms with Crippen LogP contribution in [0.2, 0.25) is 0 Å². The second-order valence-corrected chi connectivity index (χ2v) is 4.67. The molecule has 0 bridgehead atoms. The Hall–Kier alpha value is -1.32. The van der Waals surface area contributed by atoms with Gasteiger partial charge in [0.1, 0.15) is 0 Å². The van der Waals surface area contributed by atoms with Gasteiger partial charge in [-0.05, 0) is 49.9 Å². The van der Waals surface area contributed by atoms with Gasteiger partial charge in [-0.1, -0.05) is 6.07 Å². The second-order valence-electron chi connectivity index (χ2n) is 4.67. The monoisotopic (exact) mass is 258 g/mol. The first-order valence-electron chi connectivity index (χ1n) is 5.81. The van der Waals surface area contributed by atoms with Crippen molar-refractivity contribution in [3.8, 4) is 0 Å². The molecule has 0 fully saturated rings. The lowest BCUT2D eigenvalue weighted by molar-refractivity contribution is -0.133. The molecule has 0 aliphatic rings. The Labute approximate surface area is 105 Å². The third-order valence-corrected chi connectivity index (χ3v) is 3.28. The first kappa shape index (κ1) is 14.7. The van der Waals surface area contributed by atoms with Crippen LogP contribution in [0.1, 0.15) is 45.5 Å². The highest BCUT2D eigenvalue weighted by molar-refractivity contribution is 5.99. The van der Waals surface area contributed by atoms with Gasteiger partial charge in [0, 0.05) is 12.0 Å². The van der Waals surface area contributed by atoms with Crippen LogP contribution in [-0.2, 0) is 0 Å². The highest BCUT2D eigenvalue weighted by atomic mass is 19.4. The van der Waals surface area contributed by atoms with Crippen LogP contribution in [0.15, 0.2) is 6.07 Å². The van der Waals surface area contributed by atoms with Crippen LogP contribution < -0.4 is 0 Å². The summed E-state index contributed by atoms with van der Waals surface area (Å²) < 4.78 is 36.4. The Morgan fingerprint density at radius 1 is 1.06 bits per heavy atom. The number of benzene rings is 1. The number of alkyl halides is 3. The largest absolute Gasteiger partial charge is 0.389 e. The van der Waals surface area contributed by atoms with Gasteiger partial charge in [0.05, 0.1) is 6.42 Å². The van der Waals surface area contributed by atoms with Crippen LogP contribution in [0.4, 0.5) is 13.2 Å². The Balaban J connectivity index is 3.06. The Kier molecular flexibility index (Phi) is 4.20. The predicted molar refractivity (Wildman–Crippen MR) is 65.0 cm³/mol. The number of halogens is 3. The fourth-order valence-electron chi connectivity index (χ4n) is 2.02. The fraction of sp³-hybridized carbons (Fsp3) is 0.500. The molecule has 4 heteroatoms. The number of carbonyl (C=O) groups is 1. The maximum absolute atomic E-state index is 12.1. The van der Waals surface area contributed by atoms with Gasteiger partial charge in [-0.25, -0.2) is 0 Å². The van der Waals surface area contributed by atoms with Crippen LogP contribution in [0.5, 0.6) is 0 Å². The first-order chi connectivity index (χ1) is 8.13. The van der Waals surface area contributed by atoms with Crippen molar-refractivity contribution < 1.29 is 18.0 Å². The molecule has 0 unspecified atom stereocenters. The van der Waals surface area contributed by atoms with E-state index in [0.29, 0.717) is 5.56 Å². The highest BCUT2D eigenvalue weighted by Gasteiger charge is 2.29. The number of Topliss-reactive ketones (excluding diaryl/α,β-unsaturated/α-hetero) is 1. The number of carbonyl (C=O) groups excluding carboxylic acids is 1. The summed E-state index contributed by atoms with van der Waals surface area (Å²) in [5, 5.41) is 0. The highest BCUT2D eigenvalue weighted by Crippen LogP contribution is 2.26. The van der Waals surface area contributed by atoms with Crippen molar-refractivity contribution in [2.75, 3.05) is 0 Å². The molecule has 0 aliphatic heterocycles. The minimum absolute atomic E-state index is 0.422. The zero-order valence-corrected chi connectivity index (χ0v) is 11.0. The fourth-order valence-corrected chi connectivity index (χ4v) is 2.02. The molecule has 18 heavy (non-hydrogen) atoms. The van der Waals surface area contributed by atoms with E-state index in [1.54, 1.807) is 13.8 Å². The molecule has 0 radical (unpaired) electrons. The quantitative estimate of drug-likeness (QED) is 0.732. The molecule has 1 aromatic rings. The SMILES string of the molecule is Cc1cc(C)c(C)c(C(=O)CCC(F)(F)F)c1C. The minimum Gasteiger partial charge on any atom is -0.294 e. The first-order valence-corrected chi connectivity index (χ1v) is 5.81. The number of ketones is 1. The number of hydrogen-bond acceptors (Lipinski definition) is 1. The van der Waals surface area contributed by atoms with E-state index in [9.17, 15) is 18.0 Å². The number of aryl methyl sites for hydroxylation is 2. The van der Waals surface area contributed by atoms with Gasteiger partial charge in [0.25, 0.3) is 0 Å². The third-order valence-electron chi connectivity index (χ3n) is 3.28. The molecular formula is C14H17F3O. The summed E-state index contributed by atoms with van der Waals surface area (Å²) in [7, 11) is 0. The van der Waals surface area contributed by atoms with Gasteiger partial charge in [-0.2, -0.15) is 13.2 Å². The van der Waals surface area contributed by atoms with E-state index < -0.39 is 24.8 Å². The van der Waals surface area contributed by atoms with Crippen molar-refractivity contribution >= 4 is 5.78 Å². The van der Waals surface area contributed by atoms with E-state index in [2.05, 4.69) is 0 Å². The van der Waals surface area contributed by atoms with E-state index in [1.165, 1.54) is 0 Å². The normalized spacial score (nSPS) is 11.7. The summed E-state index contributed by atoms with van der Waals surface area (Å²) in [6.45, 7) is 7.29. The van der Waals surface area contributed by atoms with Crippen LogP contribution in [0.3, 0.4) is 0 Å². The van der Waals surface area contributed by atoms with E-state index >= 15 is 0 Å². The average molecular weight is 258 g/mol. The van der Waals surface area contributed by atoms with Crippen molar-refractivity contribution in [3.63, 3.8) is 0 Å². The lowest BCUT2D eigenvalue weighted by Gasteiger charge is -2.14. The van der Waals surface area contributed by atoms with Crippen LogP contribution in [0.25, 0.3) is 0 Å². The summed E-state index contributed by atoms with van der Waals surface area (Å²) in [5.41, 5.74) is 3.90. The molecule has 0 atom stereocenters. The summed E-state index contributed by atoms with van der Waals surface area (Å²) in [6, 6.07) is 1.95. The molecule has 0 saturated carbocycles. The van der Waals surface area contributed by atoms with Gasteiger partial charge in [-0.3, -0.25) is 4.79 Å². The molecule has 0 aliphatic carbocycles. The summed E-state index contributed by atoms with van der Waals surface area (Å²) in [6.07, 6.45) is -5.82. The maximum Gasteiger partial charge on any atom is 0.389 e. The molecule has 100 valence electrons. The van der Waals surface area contributed by atoms with Crippen molar-refractivity contribution in [1.82, 2.24) is 0 Å². The van der Waals surface area contributed by atoms with Crippen molar-refractivity contribution in [1.29, 1.82) is 0 Å². The molecule has 0 aromatic heterocycles. The molecular weight excluding hydrogens is 241 g/mol. The molecule has 1 aromatic carbocycles. The zero-order chi connectivity index (χ0) is 14.1. The Bertz CT molecular complexity index is 447. The second kappa shape index (κ2) is 5.12. The van der Waals surface area contributed by atoms with Gasteiger partial charge in [-0.15, -0.1) is 0 Å². The van der Waals surface area contributed by atoms with Crippen LogP contribution in [0, 0.1) is 27.7 Å². The molecule has 0 saturated heterocycles. The topological polar surface area (TPSA) is 17.1 Å². The lowest BCUT2D eigenvalue weighted by atomic mass is 9.90. The lowest BCUT2D eigenvalue weighted by Crippen LogP contribution is -2.13. The minimum atomic E-state index is -4.28. The summed E-state index contributed by atoms with van der Waals surface area (Å²) in [5.74, 6) is -0.422. The van der Waals surface area contributed by atoms with Crippen LogP contribution >= 0.6 is 0 Å². The third kappa shape index (κ3) is 3.34. The molecule has 0 N–H and O–H groups in total. The molecule has 0 heterocycles. The van der Waals surface area contributed by atoms with Crippen molar-refractivity contribution in [3.05, 3.63) is 33.9 Å². The van der Waals surface area contributed by atoms with Crippen molar-refractivity contribution in [2.45, 2.75) is 46.7 Å². The Morgan fingerprint density at radius 3 is 1.89 bits per heavy atom. The maximum atomic E-state index is 12.1. The number of rotatable bonds is 3. The van der Waals surface area contributed by atoms with E-state index in [1.807, 2.05) is 19.9 Å². The Morgan fingerprint density at radius 2 is 1.50 bits per heavy atom.